The maximum atomic E-state index is 12.3. The van der Waals surface area contributed by atoms with E-state index in [4.69, 9.17) is 27.5 Å². The van der Waals surface area contributed by atoms with Crippen LogP contribution in [0.1, 0.15) is 37.3 Å². The Balaban J connectivity index is 1.49. The number of halogens is 1. The first-order valence-electron chi connectivity index (χ1n) is 12.5. The van der Waals surface area contributed by atoms with Crippen molar-refractivity contribution in [3.05, 3.63) is 77.6 Å². The first kappa shape index (κ1) is 27.1. The number of allylic oxidation sites excluding steroid dienone is 2. The summed E-state index contributed by atoms with van der Waals surface area (Å²) in [4.78, 5) is 27.2. The smallest absolute Gasteiger partial charge is 0.226 e. The van der Waals surface area contributed by atoms with E-state index >= 15 is 0 Å². The number of rotatable bonds is 9. The lowest BCUT2D eigenvalue weighted by atomic mass is 10.0. The number of aromatic nitrogens is 2. The summed E-state index contributed by atoms with van der Waals surface area (Å²) in [5.74, 6) is 1.17. The van der Waals surface area contributed by atoms with Crippen LogP contribution in [0.5, 0.6) is 5.75 Å². The van der Waals surface area contributed by atoms with Crippen LogP contribution in [0.3, 0.4) is 0 Å². The summed E-state index contributed by atoms with van der Waals surface area (Å²) in [7, 11) is 0. The Morgan fingerprint density at radius 1 is 1.37 bits per heavy atom. The molecule has 198 valence electrons. The molecule has 1 amide bonds. The zero-order valence-corrected chi connectivity index (χ0v) is 22.1. The Morgan fingerprint density at radius 3 is 3.00 bits per heavy atom. The van der Waals surface area contributed by atoms with E-state index in [-0.39, 0.29) is 36.1 Å². The molecule has 0 spiro atoms. The second kappa shape index (κ2) is 12.5. The summed E-state index contributed by atoms with van der Waals surface area (Å²) in [5, 5.41) is 12.6. The maximum Gasteiger partial charge on any atom is 0.226 e. The number of aliphatic imine (C=N–C) groups is 1. The molecule has 4 N–H and O–H groups in total. The molecule has 2 aliphatic heterocycles. The van der Waals surface area contributed by atoms with Gasteiger partial charge in [0.15, 0.2) is 0 Å². The molecule has 4 rings (SSSR count). The van der Waals surface area contributed by atoms with Crippen LogP contribution in [0, 0.1) is 5.41 Å². The van der Waals surface area contributed by atoms with Crippen LogP contribution in [0.25, 0.3) is 0 Å². The Hall–Kier alpha value is -3.98. The van der Waals surface area contributed by atoms with Gasteiger partial charge in [0, 0.05) is 31.1 Å². The van der Waals surface area contributed by atoms with E-state index in [2.05, 4.69) is 26.9 Å². The van der Waals surface area contributed by atoms with Gasteiger partial charge in [-0.3, -0.25) is 15.2 Å². The molecule has 1 saturated heterocycles. The van der Waals surface area contributed by atoms with Crippen molar-refractivity contribution in [1.29, 1.82) is 5.41 Å². The number of likely N-dealkylation sites (tertiary alicyclic amines) is 1. The van der Waals surface area contributed by atoms with Crippen LogP contribution in [-0.4, -0.2) is 64.0 Å². The fraction of sp³-hybridized carbons (Fsp3) is 0.321. The minimum absolute atomic E-state index is 0.0309. The molecule has 0 bridgehead atoms. The number of hydrogen-bond acceptors (Lipinski definition) is 8. The fourth-order valence-corrected chi connectivity index (χ4v) is 4.65. The predicted molar refractivity (Wildman–Crippen MR) is 153 cm³/mol. The Morgan fingerprint density at radius 2 is 2.21 bits per heavy atom. The number of nitrogens with zero attached hydrogens (tertiary/aromatic N) is 4. The van der Waals surface area contributed by atoms with E-state index in [1.165, 1.54) is 6.33 Å². The van der Waals surface area contributed by atoms with Crippen molar-refractivity contribution in [2.45, 2.75) is 38.3 Å². The van der Waals surface area contributed by atoms with Crippen LogP contribution in [0.15, 0.2) is 66.5 Å². The highest BCUT2D eigenvalue weighted by Crippen LogP contribution is 2.29. The molecule has 0 radical (unpaired) electrons. The van der Waals surface area contributed by atoms with E-state index in [1.807, 2.05) is 36.1 Å². The summed E-state index contributed by atoms with van der Waals surface area (Å²) in [6.07, 6.45) is 12.8. The summed E-state index contributed by atoms with van der Waals surface area (Å²) >= 11 is 6.53. The van der Waals surface area contributed by atoms with Gasteiger partial charge in [0.1, 0.15) is 30.3 Å². The number of nitrogen functional groups attached to an aromatic ring is 1. The average Bonchev–Trinajstić information content (AvgIpc) is 3.11. The third-order valence-corrected chi connectivity index (χ3v) is 6.61. The number of ether oxygens (including phenoxy) is 1. The highest BCUT2D eigenvalue weighted by atomic mass is 35.5. The molecule has 9 nitrogen and oxygen atoms in total. The monoisotopic (exact) mass is 533 g/mol. The number of benzene rings is 1. The highest BCUT2D eigenvalue weighted by Gasteiger charge is 2.25. The molecule has 10 heteroatoms. The zero-order chi connectivity index (χ0) is 27.1. The van der Waals surface area contributed by atoms with Crippen molar-refractivity contribution >= 4 is 40.6 Å². The third kappa shape index (κ3) is 6.66. The Labute approximate surface area is 227 Å². The quantitative estimate of drug-likeness (QED) is 0.323. The fourth-order valence-electron chi connectivity index (χ4n) is 4.42. The van der Waals surface area contributed by atoms with Gasteiger partial charge >= 0.3 is 0 Å². The molecule has 1 fully saturated rings. The normalized spacial score (nSPS) is 18.9. The van der Waals surface area contributed by atoms with E-state index in [0.29, 0.717) is 47.2 Å². The lowest BCUT2D eigenvalue weighted by molar-refractivity contribution is -0.131. The molecule has 0 saturated carbocycles. The molecule has 0 aliphatic carbocycles. The van der Waals surface area contributed by atoms with Gasteiger partial charge in [-0.15, -0.1) is 6.58 Å². The molecule has 1 aromatic heterocycles. The van der Waals surface area contributed by atoms with E-state index in [1.54, 1.807) is 24.3 Å². The van der Waals surface area contributed by atoms with Crippen LogP contribution in [0.4, 0.5) is 11.6 Å². The summed E-state index contributed by atoms with van der Waals surface area (Å²) in [6.45, 7) is 7.19. The maximum absolute atomic E-state index is 12.3. The average molecular weight is 534 g/mol. The molecular formula is C28H32ClN7O2. The number of nitrogens with one attached hydrogen (secondary N) is 2. The van der Waals surface area contributed by atoms with Gasteiger partial charge in [-0.2, -0.15) is 0 Å². The molecule has 3 heterocycles. The summed E-state index contributed by atoms with van der Waals surface area (Å²) < 4.78 is 5.90. The topological polar surface area (TPSA) is 130 Å². The number of amides is 1. The molecular weight excluding hydrogens is 502 g/mol. The van der Waals surface area contributed by atoms with Crippen molar-refractivity contribution in [3.63, 3.8) is 0 Å². The zero-order valence-electron chi connectivity index (χ0n) is 21.4. The summed E-state index contributed by atoms with van der Waals surface area (Å²) in [5.41, 5.74) is 8.08. The first-order chi connectivity index (χ1) is 18.4. The van der Waals surface area contributed by atoms with Crippen molar-refractivity contribution in [2.75, 3.05) is 30.7 Å². The molecule has 38 heavy (non-hydrogen) atoms. The lowest BCUT2D eigenvalue weighted by Gasteiger charge is -2.33. The first-order valence-corrected chi connectivity index (χ1v) is 12.9. The standard InChI is InChI=1S/C28H32ClN7O2/c1-3-7-24(37)36-13-6-10-20(15-36)35-28-25(27(31)32-17-33-28)26(30)19-11-12-23(22(29)14-19)38-16-21-9-5-4-8-18(2)34-21/h3-5,8-9,11-12,14,17-18,20,30H,1,6-7,10,13,15-16H2,2H3,(H3,31,32,33,35). The minimum Gasteiger partial charge on any atom is -0.486 e. The highest BCUT2D eigenvalue weighted by molar-refractivity contribution is 6.32. The Bertz CT molecular complexity index is 1300. The number of piperidine rings is 1. The summed E-state index contributed by atoms with van der Waals surface area (Å²) in [6, 6.07) is 5.20. The molecule has 1 aromatic carbocycles. The van der Waals surface area contributed by atoms with Gasteiger partial charge in [-0.1, -0.05) is 35.9 Å². The van der Waals surface area contributed by atoms with Crippen molar-refractivity contribution in [2.24, 2.45) is 4.99 Å². The number of anilines is 2. The Kier molecular flexibility index (Phi) is 8.91. The molecule has 2 aliphatic rings. The predicted octanol–water partition coefficient (Wildman–Crippen LogP) is 4.44. The number of carbonyl (C=O) groups excluding carboxylic acids is 1. The van der Waals surface area contributed by atoms with Crippen LogP contribution in [0.2, 0.25) is 5.02 Å². The van der Waals surface area contributed by atoms with Gasteiger partial charge in [0.2, 0.25) is 5.91 Å². The van der Waals surface area contributed by atoms with Crippen molar-refractivity contribution in [1.82, 2.24) is 14.9 Å². The number of hydrogen-bond donors (Lipinski definition) is 3. The van der Waals surface area contributed by atoms with Crippen LogP contribution in [-0.2, 0) is 4.79 Å². The van der Waals surface area contributed by atoms with E-state index in [9.17, 15) is 4.79 Å². The third-order valence-electron chi connectivity index (χ3n) is 6.32. The molecule has 2 aromatic rings. The van der Waals surface area contributed by atoms with Gasteiger partial charge in [0.25, 0.3) is 0 Å². The largest absolute Gasteiger partial charge is 0.486 e. The SMILES string of the molecule is C=CCC(=O)N1CCCC(Nc2ncnc(N)c2C(=N)c2ccc(OCC3=NC(C)C=CC=C3)c(Cl)c2)C1. The minimum atomic E-state index is -0.0309. The van der Waals surface area contributed by atoms with E-state index in [0.717, 1.165) is 18.6 Å². The van der Waals surface area contributed by atoms with Gasteiger partial charge in [-0.05, 0) is 44.0 Å². The second-order valence-electron chi connectivity index (χ2n) is 9.21. The van der Waals surface area contributed by atoms with Gasteiger partial charge in [-0.25, -0.2) is 9.97 Å². The van der Waals surface area contributed by atoms with Crippen LogP contribution < -0.4 is 15.8 Å². The van der Waals surface area contributed by atoms with Crippen molar-refractivity contribution in [3.8, 4) is 5.75 Å². The lowest BCUT2D eigenvalue weighted by Crippen LogP contribution is -2.45. The van der Waals surface area contributed by atoms with Gasteiger partial charge in [0.05, 0.1) is 28.1 Å². The second-order valence-corrected chi connectivity index (χ2v) is 9.62. The van der Waals surface area contributed by atoms with Crippen LogP contribution >= 0.6 is 11.6 Å². The number of carbonyl (C=O) groups is 1. The molecule has 2 atom stereocenters. The number of nitrogens with two attached hydrogens (primary N) is 1. The van der Waals surface area contributed by atoms with E-state index < -0.39 is 0 Å². The molecule has 2 unspecified atom stereocenters. The van der Waals surface area contributed by atoms with Gasteiger partial charge < -0.3 is 20.7 Å². The van der Waals surface area contributed by atoms with Crippen molar-refractivity contribution < 1.29 is 9.53 Å².